The van der Waals surface area contributed by atoms with Crippen molar-refractivity contribution in [1.29, 1.82) is 0 Å². The van der Waals surface area contributed by atoms with Crippen molar-refractivity contribution in [2.24, 2.45) is 0 Å². The van der Waals surface area contributed by atoms with Gasteiger partial charge in [-0.2, -0.15) is 0 Å². The molecule has 0 saturated heterocycles. The van der Waals surface area contributed by atoms with Crippen LogP contribution in [-0.4, -0.2) is 29.5 Å². The summed E-state index contributed by atoms with van der Waals surface area (Å²) in [6.07, 6.45) is 0.391. The number of benzene rings is 1. The zero-order valence-electron chi connectivity index (χ0n) is 10.6. The Bertz CT molecular complexity index is 548. The molecule has 2 aromatic rings. The highest BCUT2D eigenvalue weighted by Crippen LogP contribution is 2.14. The molecule has 18 heavy (non-hydrogen) atoms. The average molecular weight is 247 g/mol. The minimum Gasteiger partial charge on any atom is -0.461 e. The Balaban J connectivity index is 1.97. The normalized spacial score (nSPS) is 10.8. The molecular weight excluding hydrogens is 230 g/mol. The van der Waals surface area contributed by atoms with Crippen LogP contribution in [0.15, 0.2) is 18.2 Å². The van der Waals surface area contributed by atoms with Crippen molar-refractivity contribution in [3.05, 3.63) is 29.6 Å². The van der Waals surface area contributed by atoms with Gasteiger partial charge in [0.05, 0.1) is 17.5 Å². The number of rotatable bonds is 5. The van der Waals surface area contributed by atoms with Gasteiger partial charge in [-0.05, 0) is 31.7 Å². The monoisotopic (exact) mass is 247 g/mol. The molecule has 0 spiro atoms. The van der Waals surface area contributed by atoms with E-state index in [9.17, 15) is 4.79 Å². The first-order valence-corrected chi connectivity index (χ1v) is 5.94. The lowest BCUT2D eigenvalue weighted by molar-refractivity contribution is -0.144. The molecule has 2 N–H and O–H groups in total. The molecule has 1 aromatic heterocycles. The van der Waals surface area contributed by atoms with Crippen LogP contribution in [0.3, 0.4) is 0 Å². The van der Waals surface area contributed by atoms with E-state index in [1.165, 1.54) is 0 Å². The molecule has 0 radical (unpaired) electrons. The summed E-state index contributed by atoms with van der Waals surface area (Å²) in [5.74, 6) is 0.693. The molecule has 2 rings (SSSR count). The fraction of sp³-hybridized carbons (Fsp3) is 0.385. The maximum absolute atomic E-state index is 11.4. The Labute approximate surface area is 106 Å². The number of hydrogen-bond donors (Lipinski definition) is 2. The van der Waals surface area contributed by atoms with Gasteiger partial charge in [-0.3, -0.25) is 4.79 Å². The fourth-order valence-corrected chi connectivity index (χ4v) is 1.74. The van der Waals surface area contributed by atoms with Gasteiger partial charge in [0.1, 0.15) is 12.4 Å². The Kier molecular flexibility index (Phi) is 3.94. The summed E-state index contributed by atoms with van der Waals surface area (Å²) in [7, 11) is 1.81. The molecular formula is C13H17N3O2. The molecule has 0 saturated carbocycles. The first-order chi connectivity index (χ1) is 8.69. The number of nitrogens with zero attached hydrogens (tertiary/aromatic N) is 1. The van der Waals surface area contributed by atoms with Crippen molar-refractivity contribution in [2.75, 3.05) is 13.6 Å². The minimum absolute atomic E-state index is 0.190. The number of aryl methyl sites for hydroxylation is 1. The van der Waals surface area contributed by atoms with Gasteiger partial charge in [-0.15, -0.1) is 0 Å². The standard InChI is InChI=1S/C13H17N3O2/c1-9-15-11-4-3-10(7-12(11)16-9)8-18-13(17)5-6-14-2/h3-4,7,14H,5-6,8H2,1-2H3,(H,15,16). The predicted molar refractivity (Wildman–Crippen MR) is 69.2 cm³/mol. The minimum atomic E-state index is -0.190. The van der Waals surface area contributed by atoms with Gasteiger partial charge in [0, 0.05) is 6.54 Å². The maximum Gasteiger partial charge on any atom is 0.307 e. The lowest BCUT2D eigenvalue weighted by atomic mass is 10.2. The number of aromatic amines is 1. The van der Waals surface area contributed by atoms with E-state index in [0.29, 0.717) is 19.6 Å². The van der Waals surface area contributed by atoms with Gasteiger partial charge >= 0.3 is 5.97 Å². The average Bonchev–Trinajstić information content (AvgIpc) is 2.73. The van der Waals surface area contributed by atoms with Crippen LogP contribution in [0.2, 0.25) is 0 Å². The van der Waals surface area contributed by atoms with E-state index in [0.717, 1.165) is 22.4 Å². The van der Waals surface area contributed by atoms with Crippen LogP contribution in [0.4, 0.5) is 0 Å². The second-order valence-electron chi connectivity index (χ2n) is 4.19. The van der Waals surface area contributed by atoms with E-state index in [1.54, 1.807) is 0 Å². The number of nitrogens with one attached hydrogen (secondary N) is 2. The number of H-pyrrole nitrogens is 1. The van der Waals surface area contributed by atoms with Gasteiger partial charge in [0.25, 0.3) is 0 Å². The summed E-state index contributed by atoms with van der Waals surface area (Å²) in [4.78, 5) is 18.8. The number of hydrogen-bond acceptors (Lipinski definition) is 4. The van der Waals surface area contributed by atoms with Crippen LogP contribution in [0.25, 0.3) is 11.0 Å². The molecule has 0 unspecified atom stereocenters. The van der Waals surface area contributed by atoms with E-state index >= 15 is 0 Å². The Morgan fingerprint density at radius 1 is 1.50 bits per heavy atom. The highest BCUT2D eigenvalue weighted by molar-refractivity contribution is 5.76. The molecule has 0 bridgehead atoms. The molecule has 0 aliphatic carbocycles. The van der Waals surface area contributed by atoms with Crippen molar-refractivity contribution in [3.63, 3.8) is 0 Å². The summed E-state index contributed by atoms with van der Waals surface area (Å²) in [6.45, 7) is 2.85. The predicted octanol–water partition coefficient (Wildman–Crippen LogP) is 1.52. The largest absolute Gasteiger partial charge is 0.461 e. The number of ether oxygens (including phenoxy) is 1. The lowest BCUT2D eigenvalue weighted by Crippen LogP contribution is -2.14. The molecule has 0 aliphatic rings. The molecule has 0 amide bonds. The van der Waals surface area contributed by atoms with Crippen molar-refractivity contribution in [2.45, 2.75) is 20.0 Å². The topological polar surface area (TPSA) is 67.0 Å². The second kappa shape index (κ2) is 5.64. The van der Waals surface area contributed by atoms with Gasteiger partial charge in [-0.25, -0.2) is 4.98 Å². The van der Waals surface area contributed by atoms with E-state index in [1.807, 2.05) is 32.2 Å². The number of carbonyl (C=O) groups is 1. The Morgan fingerprint density at radius 3 is 3.11 bits per heavy atom. The van der Waals surface area contributed by atoms with Crippen LogP contribution >= 0.6 is 0 Å². The molecule has 96 valence electrons. The first kappa shape index (κ1) is 12.6. The smallest absolute Gasteiger partial charge is 0.307 e. The van der Waals surface area contributed by atoms with Gasteiger partial charge in [0.2, 0.25) is 0 Å². The SMILES string of the molecule is CNCCC(=O)OCc1ccc2nc(C)[nH]c2c1. The quantitative estimate of drug-likeness (QED) is 0.786. The van der Waals surface area contributed by atoms with Gasteiger partial charge < -0.3 is 15.0 Å². The van der Waals surface area contributed by atoms with Crippen molar-refractivity contribution < 1.29 is 9.53 Å². The summed E-state index contributed by atoms with van der Waals surface area (Å²) in [5.41, 5.74) is 2.86. The van der Waals surface area contributed by atoms with E-state index in [4.69, 9.17) is 4.74 Å². The van der Waals surface area contributed by atoms with Crippen LogP contribution in [0.1, 0.15) is 17.8 Å². The molecule has 0 aliphatic heterocycles. The number of carbonyl (C=O) groups excluding carboxylic acids is 1. The zero-order chi connectivity index (χ0) is 13.0. The molecule has 1 heterocycles. The molecule has 5 heteroatoms. The first-order valence-electron chi connectivity index (χ1n) is 5.94. The van der Waals surface area contributed by atoms with E-state index in [-0.39, 0.29) is 5.97 Å². The van der Waals surface area contributed by atoms with E-state index < -0.39 is 0 Å². The van der Waals surface area contributed by atoms with Crippen LogP contribution in [-0.2, 0) is 16.1 Å². The van der Waals surface area contributed by atoms with Crippen molar-refractivity contribution in [3.8, 4) is 0 Å². The Morgan fingerprint density at radius 2 is 2.33 bits per heavy atom. The van der Waals surface area contributed by atoms with Crippen molar-refractivity contribution in [1.82, 2.24) is 15.3 Å². The van der Waals surface area contributed by atoms with E-state index in [2.05, 4.69) is 15.3 Å². The highest BCUT2D eigenvalue weighted by Gasteiger charge is 2.04. The number of imidazole rings is 1. The molecule has 1 aromatic carbocycles. The fourth-order valence-electron chi connectivity index (χ4n) is 1.74. The van der Waals surface area contributed by atoms with Crippen molar-refractivity contribution >= 4 is 17.0 Å². The third kappa shape index (κ3) is 3.07. The van der Waals surface area contributed by atoms with Crippen LogP contribution in [0, 0.1) is 6.92 Å². The summed E-state index contributed by atoms with van der Waals surface area (Å²) >= 11 is 0. The molecule has 0 atom stereocenters. The zero-order valence-corrected chi connectivity index (χ0v) is 10.6. The maximum atomic E-state index is 11.4. The van der Waals surface area contributed by atoms with Gasteiger partial charge in [0.15, 0.2) is 0 Å². The summed E-state index contributed by atoms with van der Waals surface area (Å²) < 4.78 is 5.17. The third-order valence-corrected chi connectivity index (χ3v) is 2.64. The number of esters is 1. The number of fused-ring (bicyclic) bond motifs is 1. The van der Waals surface area contributed by atoms with Crippen LogP contribution in [0.5, 0.6) is 0 Å². The molecule has 0 fully saturated rings. The second-order valence-corrected chi connectivity index (χ2v) is 4.19. The lowest BCUT2D eigenvalue weighted by Gasteiger charge is -2.04. The highest BCUT2D eigenvalue weighted by atomic mass is 16.5. The van der Waals surface area contributed by atoms with Crippen LogP contribution < -0.4 is 5.32 Å². The van der Waals surface area contributed by atoms with Gasteiger partial charge in [-0.1, -0.05) is 6.07 Å². The number of aromatic nitrogens is 2. The Hall–Kier alpha value is -1.88. The summed E-state index contributed by atoms with van der Waals surface area (Å²) in [5, 5.41) is 2.91. The third-order valence-electron chi connectivity index (χ3n) is 2.64. The summed E-state index contributed by atoms with van der Waals surface area (Å²) in [6, 6.07) is 5.81. The molecule has 5 nitrogen and oxygen atoms in total.